The van der Waals surface area contributed by atoms with Crippen LogP contribution in [0.3, 0.4) is 0 Å². The topological polar surface area (TPSA) is 43.4 Å². The summed E-state index contributed by atoms with van der Waals surface area (Å²) in [5, 5.41) is 3.09. The molecule has 0 unspecified atom stereocenters. The number of hydrogen-bond acceptors (Lipinski definition) is 4. The van der Waals surface area contributed by atoms with E-state index < -0.39 is 0 Å². The Hall–Kier alpha value is -2.07. The average molecular weight is 256 g/mol. The van der Waals surface area contributed by atoms with Crippen LogP contribution in [0.5, 0.6) is 11.5 Å². The summed E-state index contributed by atoms with van der Waals surface area (Å²) in [5.74, 6) is 1.62. The Kier molecular flexibility index (Phi) is 3.33. The number of fused-ring (bicyclic) bond motifs is 1. The van der Waals surface area contributed by atoms with Crippen LogP contribution < -0.4 is 14.8 Å². The molecule has 0 atom stereocenters. The highest BCUT2D eigenvalue weighted by atomic mass is 16.6. The minimum atomic E-state index is 0.607. The van der Waals surface area contributed by atoms with Crippen LogP contribution in [0.1, 0.15) is 5.69 Å². The molecule has 1 aromatic carbocycles. The Morgan fingerprint density at radius 2 is 1.84 bits per heavy atom. The van der Waals surface area contributed by atoms with Crippen LogP contribution in [0.4, 0.5) is 0 Å². The summed E-state index contributed by atoms with van der Waals surface area (Å²) in [6, 6.07) is 10.1. The average Bonchev–Trinajstić information content (AvgIpc) is 2.48. The van der Waals surface area contributed by atoms with Crippen LogP contribution in [0, 0.1) is 0 Å². The second-order valence-corrected chi connectivity index (χ2v) is 4.43. The van der Waals surface area contributed by atoms with E-state index in [0.717, 1.165) is 34.9 Å². The van der Waals surface area contributed by atoms with Crippen molar-refractivity contribution in [2.24, 2.45) is 0 Å². The van der Waals surface area contributed by atoms with E-state index in [1.807, 2.05) is 37.5 Å². The number of ether oxygens (including phenoxy) is 2. The summed E-state index contributed by atoms with van der Waals surface area (Å²) in [7, 11) is 1.91. The number of hydrogen-bond donors (Lipinski definition) is 1. The molecular formula is C15H16N2O2. The molecule has 0 amide bonds. The molecule has 2 heterocycles. The first-order valence-corrected chi connectivity index (χ1v) is 6.36. The van der Waals surface area contributed by atoms with Crippen molar-refractivity contribution in [2.75, 3.05) is 20.3 Å². The highest BCUT2D eigenvalue weighted by Gasteiger charge is 2.12. The standard InChI is InChI=1S/C15H16N2O2/c1-16-10-13-4-2-12(9-17-13)11-3-5-14-15(8-11)19-7-6-18-14/h2-5,8-9,16H,6-7,10H2,1H3. The fourth-order valence-corrected chi connectivity index (χ4v) is 2.10. The van der Waals surface area contributed by atoms with E-state index in [9.17, 15) is 0 Å². The van der Waals surface area contributed by atoms with Crippen LogP contribution in [0.15, 0.2) is 36.5 Å². The summed E-state index contributed by atoms with van der Waals surface area (Å²) < 4.78 is 11.1. The summed E-state index contributed by atoms with van der Waals surface area (Å²) in [5.41, 5.74) is 3.20. The Bertz CT molecular complexity index is 567. The second-order valence-electron chi connectivity index (χ2n) is 4.43. The lowest BCUT2D eigenvalue weighted by molar-refractivity contribution is 0.171. The molecule has 1 aliphatic heterocycles. The zero-order chi connectivity index (χ0) is 13.1. The lowest BCUT2D eigenvalue weighted by Gasteiger charge is -2.18. The van der Waals surface area contributed by atoms with Gasteiger partial charge >= 0.3 is 0 Å². The first-order chi connectivity index (χ1) is 9.36. The van der Waals surface area contributed by atoms with E-state index in [-0.39, 0.29) is 0 Å². The van der Waals surface area contributed by atoms with Gasteiger partial charge in [-0.3, -0.25) is 4.98 Å². The van der Waals surface area contributed by atoms with Gasteiger partial charge in [0.25, 0.3) is 0 Å². The van der Waals surface area contributed by atoms with Crippen molar-refractivity contribution < 1.29 is 9.47 Å². The third kappa shape index (κ3) is 2.53. The van der Waals surface area contributed by atoms with Crippen molar-refractivity contribution >= 4 is 0 Å². The van der Waals surface area contributed by atoms with E-state index in [2.05, 4.69) is 16.4 Å². The number of nitrogens with one attached hydrogen (secondary N) is 1. The van der Waals surface area contributed by atoms with E-state index in [0.29, 0.717) is 13.2 Å². The number of nitrogens with zero attached hydrogens (tertiary/aromatic N) is 1. The van der Waals surface area contributed by atoms with Gasteiger partial charge in [0.1, 0.15) is 13.2 Å². The minimum absolute atomic E-state index is 0.607. The maximum absolute atomic E-state index is 5.59. The molecule has 1 aliphatic rings. The predicted octanol–water partition coefficient (Wildman–Crippen LogP) is 2.24. The number of benzene rings is 1. The highest BCUT2D eigenvalue weighted by molar-refractivity contribution is 5.66. The maximum Gasteiger partial charge on any atom is 0.161 e. The normalized spacial score (nSPS) is 13.3. The van der Waals surface area contributed by atoms with Gasteiger partial charge in [0, 0.05) is 18.3 Å². The molecule has 0 saturated carbocycles. The molecular weight excluding hydrogens is 240 g/mol. The molecule has 0 saturated heterocycles. The van der Waals surface area contributed by atoms with Gasteiger partial charge in [-0.25, -0.2) is 0 Å². The molecule has 1 N–H and O–H groups in total. The van der Waals surface area contributed by atoms with Gasteiger partial charge in [0.2, 0.25) is 0 Å². The molecule has 0 fully saturated rings. The lowest BCUT2D eigenvalue weighted by Crippen LogP contribution is -2.15. The molecule has 4 heteroatoms. The summed E-state index contributed by atoms with van der Waals surface area (Å²) in [4.78, 5) is 4.42. The van der Waals surface area contributed by atoms with Gasteiger partial charge in [-0.05, 0) is 30.8 Å². The summed E-state index contributed by atoms with van der Waals surface area (Å²) in [6.45, 7) is 2.00. The number of pyridine rings is 1. The van der Waals surface area contributed by atoms with Crippen molar-refractivity contribution in [1.82, 2.24) is 10.3 Å². The third-order valence-electron chi connectivity index (χ3n) is 3.06. The molecule has 2 aromatic rings. The van der Waals surface area contributed by atoms with E-state index in [4.69, 9.17) is 9.47 Å². The molecule has 0 radical (unpaired) electrons. The molecule has 0 spiro atoms. The predicted molar refractivity (Wildman–Crippen MR) is 73.4 cm³/mol. The van der Waals surface area contributed by atoms with Crippen molar-refractivity contribution in [1.29, 1.82) is 0 Å². The summed E-state index contributed by atoms with van der Waals surface area (Å²) >= 11 is 0. The smallest absolute Gasteiger partial charge is 0.161 e. The lowest BCUT2D eigenvalue weighted by atomic mass is 10.1. The molecule has 3 rings (SSSR count). The Labute approximate surface area is 112 Å². The second kappa shape index (κ2) is 5.28. The third-order valence-corrected chi connectivity index (χ3v) is 3.06. The Morgan fingerprint density at radius 1 is 1.05 bits per heavy atom. The largest absolute Gasteiger partial charge is 0.486 e. The molecule has 98 valence electrons. The van der Waals surface area contributed by atoms with Crippen LogP contribution in [-0.2, 0) is 6.54 Å². The van der Waals surface area contributed by atoms with Crippen molar-refractivity contribution in [3.63, 3.8) is 0 Å². The van der Waals surface area contributed by atoms with E-state index in [1.54, 1.807) is 0 Å². The van der Waals surface area contributed by atoms with E-state index >= 15 is 0 Å². The van der Waals surface area contributed by atoms with Crippen LogP contribution in [0.2, 0.25) is 0 Å². The molecule has 0 bridgehead atoms. The molecule has 4 nitrogen and oxygen atoms in total. The molecule has 19 heavy (non-hydrogen) atoms. The fraction of sp³-hybridized carbons (Fsp3) is 0.267. The summed E-state index contributed by atoms with van der Waals surface area (Å²) in [6.07, 6.45) is 1.89. The number of aromatic nitrogens is 1. The number of rotatable bonds is 3. The van der Waals surface area contributed by atoms with Gasteiger partial charge in [-0.15, -0.1) is 0 Å². The minimum Gasteiger partial charge on any atom is -0.486 e. The van der Waals surface area contributed by atoms with Crippen molar-refractivity contribution in [3.05, 3.63) is 42.2 Å². The van der Waals surface area contributed by atoms with Gasteiger partial charge in [0.05, 0.1) is 5.69 Å². The van der Waals surface area contributed by atoms with Crippen molar-refractivity contribution in [2.45, 2.75) is 6.54 Å². The highest BCUT2D eigenvalue weighted by Crippen LogP contribution is 2.34. The van der Waals surface area contributed by atoms with Gasteiger partial charge < -0.3 is 14.8 Å². The SMILES string of the molecule is CNCc1ccc(-c2ccc3c(c2)OCCO3)cn1. The quantitative estimate of drug-likeness (QED) is 0.914. The Balaban J connectivity index is 1.89. The van der Waals surface area contributed by atoms with Crippen LogP contribution in [-0.4, -0.2) is 25.2 Å². The van der Waals surface area contributed by atoms with E-state index in [1.165, 1.54) is 0 Å². The monoisotopic (exact) mass is 256 g/mol. The first-order valence-electron chi connectivity index (χ1n) is 6.36. The molecule has 0 aliphatic carbocycles. The fourth-order valence-electron chi connectivity index (χ4n) is 2.10. The molecule has 1 aromatic heterocycles. The Morgan fingerprint density at radius 3 is 2.58 bits per heavy atom. The van der Waals surface area contributed by atoms with Gasteiger partial charge in [-0.1, -0.05) is 12.1 Å². The van der Waals surface area contributed by atoms with Crippen LogP contribution in [0.25, 0.3) is 11.1 Å². The maximum atomic E-state index is 5.59. The zero-order valence-corrected chi connectivity index (χ0v) is 10.8. The van der Waals surface area contributed by atoms with Gasteiger partial charge in [-0.2, -0.15) is 0 Å². The first kappa shape index (κ1) is 12.0. The van der Waals surface area contributed by atoms with Gasteiger partial charge in [0.15, 0.2) is 11.5 Å². The van der Waals surface area contributed by atoms with Crippen LogP contribution >= 0.6 is 0 Å². The van der Waals surface area contributed by atoms with Crippen molar-refractivity contribution in [3.8, 4) is 22.6 Å². The zero-order valence-electron chi connectivity index (χ0n) is 10.8.